The van der Waals surface area contributed by atoms with Gasteiger partial charge in [0.1, 0.15) is 0 Å². The Hall–Kier alpha value is -3.83. The Morgan fingerprint density at radius 2 is 1.57 bits per heavy atom. The predicted molar refractivity (Wildman–Crippen MR) is 138 cm³/mol. The number of para-hydroxylation sites is 1. The normalized spacial score (nSPS) is 17.1. The second kappa shape index (κ2) is 8.75. The highest BCUT2D eigenvalue weighted by atomic mass is 16.2. The molecule has 1 amide bonds. The molecule has 1 spiro atoms. The molecule has 1 saturated heterocycles. The smallest absolute Gasteiger partial charge is 0.242 e. The van der Waals surface area contributed by atoms with Crippen molar-refractivity contribution in [3.63, 3.8) is 0 Å². The molecule has 6 rings (SSSR count). The molecule has 1 fully saturated rings. The van der Waals surface area contributed by atoms with Crippen LogP contribution in [-0.4, -0.2) is 33.9 Å². The number of carbonyl (C=O) groups is 1. The quantitative estimate of drug-likeness (QED) is 0.394. The van der Waals surface area contributed by atoms with Crippen molar-refractivity contribution in [1.82, 2.24) is 14.9 Å². The van der Waals surface area contributed by atoms with E-state index >= 15 is 0 Å². The van der Waals surface area contributed by atoms with Crippen LogP contribution < -0.4 is 4.90 Å². The van der Waals surface area contributed by atoms with Crippen LogP contribution >= 0.6 is 0 Å². The second-order valence-corrected chi connectivity index (χ2v) is 9.54. The van der Waals surface area contributed by atoms with E-state index in [1.54, 1.807) is 6.20 Å². The number of likely N-dealkylation sites (tertiary alicyclic amines) is 1. The Morgan fingerprint density at radius 1 is 0.829 bits per heavy atom. The Balaban J connectivity index is 1.27. The summed E-state index contributed by atoms with van der Waals surface area (Å²) in [7, 11) is 0. The topological polar surface area (TPSA) is 49.3 Å². The molecule has 35 heavy (non-hydrogen) atoms. The number of piperidine rings is 1. The van der Waals surface area contributed by atoms with Crippen LogP contribution in [0.15, 0.2) is 91.3 Å². The Labute approximate surface area is 206 Å². The van der Waals surface area contributed by atoms with Crippen molar-refractivity contribution >= 4 is 17.3 Å². The molecule has 2 aromatic carbocycles. The molecule has 2 aliphatic heterocycles. The fraction of sp³-hybridized carbons (Fsp3) is 0.233. The van der Waals surface area contributed by atoms with Crippen molar-refractivity contribution in [1.29, 1.82) is 0 Å². The summed E-state index contributed by atoms with van der Waals surface area (Å²) in [6, 6.07) is 26.5. The molecule has 0 unspecified atom stereocenters. The lowest BCUT2D eigenvalue weighted by molar-refractivity contribution is -0.124. The molecule has 4 heterocycles. The standard InChI is InChI=1S/C30H28N4O/c1-22-7-6-18-32-27(22)21-33-19-15-30(16-20-33)25-8-2-3-10-28(25)34(29(30)35)24-13-11-23(12-14-24)26-9-4-5-17-31-26/h2-14,17-18H,15-16,19-21H2,1H3. The molecule has 2 aromatic heterocycles. The van der Waals surface area contributed by atoms with E-state index in [1.165, 1.54) is 5.56 Å². The van der Waals surface area contributed by atoms with Crippen molar-refractivity contribution < 1.29 is 4.79 Å². The summed E-state index contributed by atoms with van der Waals surface area (Å²) in [4.78, 5) is 27.5. The lowest BCUT2D eigenvalue weighted by atomic mass is 9.73. The van der Waals surface area contributed by atoms with Crippen LogP contribution in [-0.2, 0) is 16.8 Å². The number of aromatic nitrogens is 2. The van der Waals surface area contributed by atoms with E-state index in [0.29, 0.717) is 0 Å². The van der Waals surface area contributed by atoms with Crippen LogP contribution in [0, 0.1) is 6.92 Å². The van der Waals surface area contributed by atoms with Gasteiger partial charge in [0.25, 0.3) is 0 Å². The largest absolute Gasteiger partial charge is 0.297 e. The first-order chi connectivity index (χ1) is 17.2. The first-order valence-electron chi connectivity index (χ1n) is 12.2. The van der Waals surface area contributed by atoms with Crippen molar-refractivity contribution in [3.05, 3.63) is 108 Å². The van der Waals surface area contributed by atoms with E-state index < -0.39 is 5.41 Å². The van der Waals surface area contributed by atoms with Crippen LogP contribution in [0.1, 0.15) is 29.7 Å². The molecule has 0 saturated carbocycles. The van der Waals surface area contributed by atoms with E-state index in [9.17, 15) is 4.79 Å². The molecule has 0 N–H and O–H groups in total. The summed E-state index contributed by atoms with van der Waals surface area (Å²) < 4.78 is 0. The molecule has 5 nitrogen and oxygen atoms in total. The average Bonchev–Trinajstić information content (AvgIpc) is 3.15. The number of carbonyl (C=O) groups excluding carboxylic acids is 1. The SMILES string of the molecule is Cc1cccnc1CN1CCC2(CC1)C(=O)N(c1ccc(-c3ccccn3)cc1)c1ccccc12. The molecule has 4 aromatic rings. The molecule has 0 atom stereocenters. The fourth-order valence-corrected chi connectivity index (χ4v) is 5.55. The summed E-state index contributed by atoms with van der Waals surface area (Å²) in [6.07, 6.45) is 5.30. The zero-order valence-corrected chi connectivity index (χ0v) is 19.9. The first kappa shape index (κ1) is 21.7. The monoisotopic (exact) mass is 460 g/mol. The molecule has 5 heteroatoms. The van der Waals surface area contributed by atoms with Gasteiger partial charge in [-0.15, -0.1) is 0 Å². The van der Waals surface area contributed by atoms with Crippen molar-refractivity contribution in [2.24, 2.45) is 0 Å². The van der Waals surface area contributed by atoms with Crippen molar-refractivity contribution in [3.8, 4) is 11.3 Å². The van der Waals surface area contributed by atoms with Gasteiger partial charge in [0.05, 0.1) is 22.5 Å². The highest BCUT2D eigenvalue weighted by Gasteiger charge is 2.52. The molecule has 2 aliphatic rings. The van der Waals surface area contributed by atoms with E-state index in [0.717, 1.165) is 66.4 Å². The Bertz CT molecular complexity index is 1360. The summed E-state index contributed by atoms with van der Waals surface area (Å²) >= 11 is 0. The van der Waals surface area contributed by atoms with Crippen molar-refractivity contribution in [2.45, 2.75) is 31.7 Å². The number of rotatable bonds is 4. The lowest BCUT2D eigenvalue weighted by Gasteiger charge is -2.38. The van der Waals surface area contributed by atoms with Gasteiger partial charge in [0.15, 0.2) is 0 Å². The highest BCUT2D eigenvalue weighted by molar-refractivity contribution is 6.13. The van der Waals surface area contributed by atoms with Gasteiger partial charge in [0, 0.05) is 30.2 Å². The van der Waals surface area contributed by atoms with Gasteiger partial charge >= 0.3 is 0 Å². The van der Waals surface area contributed by atoms with E-state index in [1.807, 2.05) is 53.6 Å². The highest BCUT2D eigenvalue weighted by Crippen LogP contribution is 2.50. The molecule has 0 bridgehead atoms. The zero-order chi connectivity index (χ0) is 23.8. The predicted octanol–water partition coefficient (Wildman–Crippen LogP) is 5.66. The maximum atomic E-state index is 14.1. The molecule has 174 valence electrons. The summed E-state index contributed by atoms with van der Waals surface area (Å²) in [6.45, 7) is 4.70. The number of benzene rings is 2. The van der Waals surface area contributed by atoms with Gasteiger partial charge in [-0.1, -0.05) is 42.5 Å². The molecular formula is C30H28N4O. The van der Waals surface area contributed by atoms with E-state index in [2.05, 4.69) is 58.2 Å². The summed E-state index contributed by atoms with van der Waals surface area (Å²) in [5, 5.41) is 0. The van der Waals surface area contributed by atoms with Gasteiger partial charge in [-0.2, -0.15) is 0 Å². The third-order valence-corrected chi connectivity index (χ3v) is 7.56. The van der Waals surface area contributed by atoms with Gasteiger partial charge < -0.3 is 0 Å². The lowest BCUT2D eigenvalue weighted by Crippen LogP contribution is -2.47. The van der Waals surface area contributed by atoms with Crippen LogP contribution in [0.4, 0.5) is 11.4 Å². The number of pyridine rings is 2. The molecular weight excluding hydrogens is 432 g/mol. The maximum Gasteiger partial charge on any atom is 0.242 e. The van der Waals surface area contributed by atoms with Crippen LogP contribution in [0.5, 0.6) is 0 Å². The fourth-order valence-electron chi connectivity index (χ4n) is 5.55. The van der Waals surface area contributed by atoms with E-state index in [-0.39, 0.29) is 5.91 Å². The number of nitrogens with zero attached hydrogens (tertiary/aromatic N) is 4. The van der Waals surface area contributed by atoms with Crippen LogP contribution in [0.2, 0.25) is 0 Å². The third kappa shape index (κ3) is 3.72. The third-order valence-electron chi connectivity index (χ3n) is 7.56. The minimum Gasteiger partial charge on any atom is -0.297 e. The number of hydrogen-bond donors (Lipinski definition) is 0. The average molecular weight is 461 g/mol. The number of aryl methyl sites for hydroxylation is 1. The molecule has 0 aliphatic carbocycles. The maximum absolute atomic E-state index is 14.1. The van der Waals surface area contributed by atoms with E-state index in [4.69, 9.17) is 0 Å². The van der Waals surface area contributed by atoms with Gasteiger partial charge in [-0.25, -0.2) is 0 Å². The minimum atomic E-state index is -0.466. The first-order valence-corrected chi connectivity index (χ1v) is 12.2. The zero-order valence-electron chi connectivity index (χ0n) is 19.9. The number of anilines is 2. The summed E-state index contributed by atoms with van der Waals surface area (Å²) in [5.41, 5.74) is 6.93. The number of hydrogen-bond acceptors (Lipinski definition) is 4. The second-order valence-electron chi connectivity index (χ2n) is 9.54. The minimum absolute atomic E-state index is 0.193. The molecule has 0 radical (unpaired) electrons. The van der Waals surface area contributed by atoms with Gasteiger partial charge in [0.2, 0.25) is 5.91 Å². The number of fused-ring (bicyclic) bond motifs is 2. The summed E-state index contributed by atoms with van der Waals surface area (Å²) in [5.74, 6) is 0.193. The van der Waals surface area contributed by atoms with Gasteiger partial charge in [-0.05, 0) is 80.4 Å². The van der Waals surface area contributed by atoms with Gasteiger partial charge in [-0.3, -0.25) is 24.6 Å². The Kier molecular flexibility index (Phi) is 5.42. The van der Waals surface area contributed by atoms with Crippen molar-refractivity contribution in [2.75, 3.05) is 18.0 Å². The van der Waals surface area contributed by atoms with Crippen LogP contribution in [0.25, 0.3) is 11.3 Å². The Morgan fingerprint density at radius 3 is 2.31 bits per heavy atom. The van der Waals surface area contributed by atoms with Crippen LogP contribution in [0.3, 0.4) is 0 Å². The number of amides is 1.